The molecule has 1 aromatic carbocycles. The summed E-state index contributed by atoms with van der Waals surface area (Å²) in [5, 5.41) is 0.133. The van der Waals surface area contributed by atoms with E-state index in [9.17, 15) is 8.42 Å². The highest BCUT2D eigenvalue weighted by atomic mass is 32.2. The minimum atomic E-state index is -3.46. The molecule has 0 spiro atoms. The van der Waals surface area contributed by atoms with Gasteiger partial charge >= 0.3 is 0 Å². The van der Waals surface area contributed by atoms with Gasteiger partial charge in [0.15, 0.2) is 5.03 Å². The van der Waals surface area contributed by atoms with Crippen LogP contribution in [0.4, 0.5) is 0 Å². The summed E-state index contributed by atoms with van der Waals surface area (Å²) < 4.78 is 28.1. The Balaban J connectivity index is 1.80. The normalized spacial score (nSPS) is 20.4. The van der Waals surface area contributed by atoms with Crippen LogP contribution >= 0.6 is 0 Å². The zero-order valence-corrected chi connectivity index (χ0v) is 12.1. The molecule has 6 heteroatoms. The van der Waals surface area contributed by atoms with Crippen molar-refractivity contribution >= 4 is 10.0 Å². The first-order valence-corrected chi connectivity index (χ1v) is 8.04. The second kappa shape index (κ2) is 5.03. The molecule has 2 heterocycles. The third-order valence-electron chi connectivity index (χ3n) is 3.71. The SMILES string of the molecule is Cn1cnc(S(=O)(=O)N2CCC(c3ccccc3)C2)c1. The van der Waals surface area contributed by atoms with E-state index in [2.05, 4.69) is 17.1 Å². The van der Waals surface area contributed by atoms with E-state index in [1.54, 1.807) is 17.8 Å². The molecule has 0 aliphatic carbocycles. The Kier molecular flexibility index (Phi) is 3.35. The van der Waals surface area contributed by atoms with Crippen molar-refractivity contribution in [1.29, 1.82) is 0 Å². The van der Waals surface area contributed by atoms with Crippen LogP contribution in [0, 0.1) is 0 Å². The molecule has 2 aromatic rings. The molecule has 0 N–H and O–H groups in total. The maximum absolute atomic E-state index is 12.5. The Morgan fingerprint density at radius 2 is 2.00 bits per heavy atom. The minimum absolute atomic E-state index is 0.133. The van der Waals surface area contributed by atoms with Crippen molar-refractivity contribution in [2.24, 2.45) is 7.05 Å². The van der Waals surface area contributed by atoms with Crippen molar-refractivity contribution in [3.8, 4) is 0 Å². The van der Waals surface area contributed by atoms with E-state index in [0.29, 0.717) is 13.1 Å². The van der Waals surface area contributed by atoms with Crippen LogP contribution in [0.1, 0.15) is 17.9 Å². The third-order valence-corrected chi connectivity index (χ3v) is 5.46. The maximum atomic E-state index is 12.5. The first kappa shape index (κ1) is 13.3. The second-order valence-corrected chi connectivity index (χ2v) is 7.02. The molecule has 1 unspecified atom stereocenters. The molecular weight excluding hydrogens is 274 g/mol. The lowest BCUT2D eigenvalue weighted by atomic mass is 9.99. The highest BCUT2D eigenvalue weighted by molar-refractivity contribution is 7.89. The molecule has 0 radical (unpaired) electrons. The average molecular weight is 291 g/mol. The summed E-state index contributed by atoms with van der Waals surface area (Å²) in [4.78, 5) is 3.96. The van der Waals surface area contributed by atoms with Gasteiger partial charge < -0.3 is 4.57 Å². The van der Waals surface area contributed by atoms with E-state index < -0.39 is 10.0 Å². The quantitative estimate of drug-likeness (QED) is 0.863. The summed E-state index contributed by atoms with van der Waals surface area (Å²) >= 11 is 0. The predicted octanol–water partition coefficient (Wildman–Crippen LogP) is 1.60. The molecule has 0 bridgehead atoms. The number of rotatable bonds is 3. The van der Waals surface area contributed by atoms with E-state index in [1.807, 2.05) is 18.2 Å². The summed E-state index contributed by atoms with van der Waals surface area (Å²) in [6.07, 6.45) is 3.92. The molecule has 106 valence electrons. The molecule has 1 aliphatic rings. The second-order valence-electron chi connectivity index (χ2n) is 5.14. The molecule has 1 aromatic heterocycles. The molecule has 3 rings (SSSR count). The fourth-order valence-corrected chi connectivity index (χ4v) is 4.06. The van der Waals surface area contributed by atoms with E-state index >= 15 is 0 Å². The van der Waals surface area contributed by atoms with Gasteiger partial charge in [0.1, 0.15) is 0 Å². The summed E-state index contributed by atoms with van der Waals surface area (Å²) in [5.74, 6) is 0.273. The summed E-state index contributed by atoms with van der Waals surface area (Å²) in [6.45, 7) is 1.08. The molecule has 1 saturated heterocycles. The van der Waals surface area contributed by atoms with Crippen molar-refractivity contribution in [2.75, 3.05) is 13.1 Å². The van der Waals surface area contributed by atoms with Gasteiger partial charge in [0, 0.05) is 26.3 Å². The van der Waals surface area contributed by atoms with Crippen molar-refractivity contribution in [3.05, 3.63) is 48.4 Å². The Morgan fingerprint density at radius 3 is 2.65 bits per heavy atom. The van der Waals surface area contributed by atoms with Gasteiger partial charge in [-0.05, 0) is 17.9 Å². The van der Waals surface area contributed by atoms with Crippen molar-refractivity contribution < 1.29 is 8.42 Å². The number of hydrogen-bond donors (Lipinski definition) is 0. The molecular formula is C14H17N3O2S. The first-order chi connectivity index (χ1) is 9.57. The van der Waals surface area contributed by atoms with Gasteiger partial charge in [-0.15, -0.1) is 0 Å². The van der Waals surface area contributed by atoms with Crippen LogP contribution in [-0.2, 0) is 17.1 Å². The van der Waals surface area contributed by atoms with Gasteiger partial charge in [0.05, 0.1) is 6.33 Å². The first-order valence-electron chi connectivity index (χ1n) is 6.60. The van der Waals surface area contributed by atoms with Crippen LogP contribution in [0.5, 0.6) is 0 Å². The third kappa shape index (κ3) is 2.36. The molecule has 5 nitrogen and oxygen atoms in total. The Bertz CT molecular complexity index is 694. The molecule has 20 heavy (non-hydrogen) atoms. The highest BCUT2D eigenvalue weighted by Gasteiger charge is 2.34. The van der Waals surface area contributed by atoms with Gasteiger partial charge in [-0.3, -0.25) is 0 Å². The van der Waals surface area contributed by atoms with E-state index in [0.717, 1.165) is 6.42 Å². The summed E-state index contributed by atoms with van der Waals surface area (Å²) in [5.41, 5.74) is 1.20. The van der Waals surface area contributed by atoms with Crippen molar-refractivity contribution in [3.63, 3.8) is 0 Å². The fourth-order valence-electron chi connectivity index (χ4n) is 2.60. The summed E-state index contributed by atoms with van der Waals surface area (Å²) in [6, 6.07) is 10.1. The van der Waals surface area contributed by atoms with Crippen LogP contribution in [0.3, 0.4) is 0 Å². The van der Waals surface area contributed by atoms with Gasteiger partial charge in [-0.2, -0.15) is 4.31 Å². The van der Waals surface area contributed by atoms with Gasteiger partial charge in [-0.25, -0.2) is 13.4 Å². The van der Waals surface area contributed by atoms with Crippen molar-refractivity contribution in [2.45, 2.75) is 17.4 Å². The van der Waals surface area contributed by atoms with Crippen LogP contribution in [0.2, 0.25) is 0 Å². The minimum Gasteiger partial charge on any atom is -0.339 e. The topological polar surface area (TPSA) is 55.2 Å². The van der Waals surface area contributed by atoms with Crippen LogP contribution < -0.4 is 0 Å². The number of sulfonamides is 1. The van der Waals surface area contributed by atoms with Crippen LogP contribution in [0.15, 0.2) is 47.9 Å². The monoisotopic (exact) mass is 291 g/mol. The average Bonchev–Trinajstić information content (AvgIpc) is 3.09. The lowest BCUT2D eigenvalue weighted by molar-refractivity contribution is 0.470. The molecule has 1 fully saturated rings. The molecule has 1 atom stereocenters. The predicted molar refractivity (Wildman–Crippen MR) is 75.8 cm³/mol. The lowest BCUT2D eigenvalue weighted by Crippen LogP contribution is -2.29. The standard InChI is InChI=1S/C14H17N3O2S/c1-16-10-14(15-11-16)20(18,19)17-8-7-13(9-17)12-5-3-2-4-6-12/h2-6,10-11,13H,7-9H2,1H3. The number of imidazole rings is 1. The van der Waals surface area contributed by atoms with Gasteiger partial charge in [0.25, 0.3) is 10.0 Å². The highest BCUT2D eigenvalue weighted by Crippen LogP contribution is 2.30. The number of nitrogens with zero attached hydrogens (tertiary/aromatic N) is 3. The van der Waals surface area contributed by atoms with E-state index in [-0.39, 0.29) is 10.9 Å². The zero-order chi connectivity index (χ0) is 14.2. The molecule has 0 amide bonds. The van der Waals surface area contributed by atoms with Crippen LogP contribution in [0.25, 0.3) is 0 Å². The van der Waals surface area contributed by atoms with Crippen molar-refractivity contribution in [1.82, 2.24) is 13.9 Å². The largest absolute Gasteiger partial charge is 0.339 e. The summed E-state index contributed by atoms with van der Waals surface area (Å²) in [7, 11) is -1.69. The number of hydrogen-bond acceptors (Lipinski definition) is 3. The lowest BCUT2D eigenvalue weighted by Gasteiger charge is -2.15. The Morgan fingerprint density at radius 1 is 1.25 bits per heavy atom. The maximum Gasteiger partial charge on any atom is 0.262 e. The number of aryl methyl sites for hydroxylation is 1. The van der Waals surface area contributed by atoms with Gasteiger partial charge in [-0.1, -0.05) is 30.3 Å². The number of aromatic nitrogens is 2. The molecule has 0 saturated carbocycles. The Labute approximate surface area is 118 Å². The Hall–Kier alpha value is -1.66. The van der Waals surface area contributed by atoms with Crippen LogP contribution in [-0.4, -0.2) is 35.4 Å². The van der Waals surface area contributed by atoms with E-state index in [4.69, 9.17) is 0 Å². The zero-order valence-electron chi connectivity index (χ0n) is 11.3. The number of benzene rings is 1. The molecule has 1 aliphatic heterocycles. The fraction of sp³-hybridized carbons (Fsp3) is 0.357. The van der Waals surface area contributed by atoms with Gasteiger partial charge in [0.2, 0.25) is 0 Å². The smallest absolute Gasteiger partial charge is 0.262 e. The van der Waals surface area contributed by atoms with E-state index in [1.165, 1.54) is 16.2 Å².